The van der Waals surface area contributed by atoms with Crippen molar-refractivity contribution in [2.75, 3.05) is 6.61 Å². The number of carbonyl (C=O) groups excluding carboxylic acids is 1. The smallest absolute Gasteiger partial charge is 0.314 e. The molecule has 0 aromatic heterocycles. The lowest BCUT2D eigenvalue weighted by Crippen LogP contribution is -2.32. The molecule has 4 unspecified atom stereocenters. The molecule has 0 amide bonds. The largest absolute Gasteiger partial charge is 0.431 e. The summed E-state index contributed by atoms with van der Waals surface area (Å²) in [4.78, 5) is 12.7. The number of allylic oxidation sites excluding steroid dienone is 2. The van der Waals surface area contributed by atoms with Gasteiger partial charge in [0, 0.05) is 12.5 Å². The van der Waals surface area contributed by atoms with Gasteiger partial charge in [0.1, 0.15) is 5.76 Å². The van der Waals surface area contributed by atoms with Gasteiger partial charge in [0.15, 0.2) is 0 Å². The fourth-order valence-corrected chi connectivity index (χ4v) is 5.05. The molecular formula is C21H34O3. The van der Waals surface area contributed by atoms with Crippen molar-refractivity contribution < 1.29 is 14.6 Å². The fraction of sp³-hybridized carbons (Fsp3) is 0.857. The van der Waals surface area contributed by atoms with E-state index in [-0.39, 0.29) is 24.4 Å². The summed E-state index contributed by atoms with van der Waals surface area (Å²) < 4.78 is 5.92. The third kappa shape index (κ3) is 4.22. The molecule has 0 saturated heterocycles. The van der Waals surface area contributed by atoms with Gasteiger partial charge in [0.25, 0.3) is 0 Å². The van der Waals surface area contributed by atoms with E-state index in [1.807, 2.05) is 0 Å². The Bertz CT molecular complexity index is 456. The lowest BCUT2D eigenvalue weighted by Gasteiger charge is -2.32. The third-order valence-corrected chi connectivity index (χ3v) is 6.82. The van der Waals surface area contributed by atoms with Crippen LogP contribution in [0.25, 0.3) is 0 Å². The van der Waals surface area contributed by atoms with Crippen LogP contribution in [0.1, 0.15) is 77.6 Å². The van der Waals surface area contributed by atoms with Crippen LogP contribution in [0.15, 0.2) is 11.8 Å². The lowest BCUT2D eigenvalue weighted by molar-refractivity contribution is -0.148. The zero-order valence-corrected chi connectivity index (χ0v) is 15.2. The molecular weight excluding hydrogens is 300 g/mol. The molecule has 24 heavy (non-hydrogen) atoms. The number of aliphatic hydroxyl groups is 1. The van der Waals surface area contributed by atoms with Crippen molar-refractivity contribution in [3.05, 3.63) is 11.8 Å². The van der Waals surface area contributed by atoms with E-state index in [2.05, 4.69) is 13.0 Å². The highest BCUT2D eigenvalue weighted by molar-refractivity contribution is 5.74. The van der Waals surface area contributed by atoms with Crippen molar-refractivity contribution in [1.29, 1.82) is 0 Å². The first kappa shape index (κ1) is 18.0. The molecule has 1 N–H and O–H groups in total. The van der Waals surface area contributed by atoms with Gasteiger partial charge in [-0.3, -0.25) is 4.79 Å². The number of rotatable bonds is 3. The molecule has 3 heteroatoms. The highest BCUT2D eigenvalue weighted by Gasteiger charge is 2.38. The molecule has 2 aliphatic carbocycles. The second kappa shape index (κ2) is 8.51. The quantitative estimate of drug-likeness (QED) is 0.751. The fourth-order valence-electron chi connectivity index (χ4n) is 5.05. The average Bonchev–Trinajstić information content (AvgIpc) is 2.74. The van der Waals surface area contributed by atoms with E-state index >= 15 is 0 Å². The van der Waals surface area contributed by atoms with Gasteiger partial charge >= 0.3 is 5.97 Å². The van der Waals surface area contributed by atoms with Crippen molar-refractivity contribution in [3.8, 4) is 0 Å². The summed E-state index contributed by atoms with van der Waals surface area (Å²) in [5, 5.41) is 9.43. The van der Waals surface area contributed by atoms with Gasteiger partial charge in [-0.1, -0.05) is 32.6 Å². The highest BCUT2D eigenvalue weighted by atomic mass is 16.5. The number of carbonyl (C=O) groups is 1. The van der Waals surface area contributed by atoms with Gasteiger partial charge < -0.3 is 9.84 Å². The molecule has 3 aliphatic rings. The zero-order valence-electron chi connectivity index (χ0n) is 15.2. The number of aliphatic hydroxyl groups excluding tert-OH is 1. The molecule has 0 aromatic rings. The maximum Gasteiger partial charge on any atom is 0.314 e. The van der Waals surface area contributed by atoms with Crippen LogP contribution in [-0.2, 0) is 9.53 Å². The maximum atomic E-state index is 12.7. The summed E-state index contributed by atoms with van der Waals surface area (Å²) in [5.74, 6) is 2.96. The first-order valence-corrected chi connectivity index (χ1v) is 10.2. The minimum Gasteiger partial charge on any atom is -0.431 e. The Morgan fingerprint density at radius 1 is 1.08 bits per heavy atom. The molecule has 3 nitrogen and oxygen atoms in total. The molecule has 0 radical (unpaired) electrons. The maximum absolute atomic E-state index is 12.7. The molecule has 0 aromatic carbocycles. The normalized spacial score (nSPS) is 38.2. The predicted molar refractivity (Wildman–Crippen MR) is 95.2 cm³/mol. The Kier molecular flexibility index (Phi) is 6.37. The Morgan fingerprint density at radius 3 is 2.67 bits per heavy atom. The summed E-state index contributed by atoms with van der Waals surface area (Å²) in [6.07, 6.45) is 15.0. The van der Waals surface area contributed by atoms with Gasteiger partial charge in [-0.05, 0) is 68.8 Å². The van der Waals surface area contributed by atoms with Crippen LogP contribution in [0.4, 0.5) is 0 Å². The zero-order chi connectivity index (χ0) is 16.9. The summed E-state index contributed by atoms with van der Waals surface area (Å²) in [6.45, 7) is 2.51. The van der Waals surface area contributed by atoms with Crippen molar-refractivity contribution in [2.24, 2.45) is 29.6 Å². The summed E-state index contributed by atoms with van der Waals surface area (Å²) >= 11 is 0. The molecule has 0 spiro atoms. The van der Waals surface area contributed by atoms with E-state index in [0.29, 0.717) is 11.8 Å². The van der Waals surface area contributed by atoms with Crippen LogP contribution >= 0.6 is 0 Å². The molecule has 1 heterocycles. The van der Waals surface area contributed by atoms with E-state index in [1.54, 1.807) is 0 Å². The topological polar surface area (TPSA) is 46.5 Å². The van der Waals surface area contributed by atoms with E-state index < -0.39 is 0 Å². The standard InChI is InChI=1S/C21H34O3/c1-2-15-5-3-4-6-18(10-7-15)20-12-11-17-9-8-16(14-22)13-19(17)21(23)24-20/h12,15-19,22H,2-11,13-14H2,1H3/t15?,16-,17?,18?,19?/m1/s1. The minimum atomic E-state index is -0.0176. The van der Waals surface area contributed by atoms with Crippen molar-refractivity contribution >= 4 is 5.97 Å². The van der Waals surface area contributed by atoms with Gasteiger partial charge in [0.05, 0.1) is 5.92 Å². The number of hydrogen-bond donors (Lipinski definition) is 1. The SMILES string of the molecule is CCC1CCCCC(C2=CCC3CC[C@@H](CO)CC3C(=O)O2)CC1. The van der Waals surface area contributed by atoms with E-state index in [9.17, 15) is 9.90 Å². The first-order chi connectivity index (χ1) is 11.7. The number of cyclic esters (lactones) is 1. The number of hydrogen-bond acceptors (Lipinski definition) is 3. The minimum absolute atomic E-state index is 0.00148. The van der Waals surface area contributed by atoms with Gasteiger partial charge in [-0.2, -0.15) is 0 Å². The molecule has 0 bridgehead atoms. The molecule has 3 rings (SSSR count). The molecule has 5 atom stereocenters. The molecule has 1 aliphatic heterocycles. The van der Waals surface area contributed by atoms with Crippen molar-refractivity contribution in [2.45, 2.75) is 77.6 Å². The van der Waals surface area contributed by atoms with E-state index in [0.717, 1.165) is 37.4 Å². The summed E-state index contributed by atoms with van der Waals surface area (Å²) in [7, 11) is 0. The van der Waals surface area contributed by atoms with Crippen LogP contribution in [0.3, 0.4) is 0 Å². The summed E-state index contributed by atoms with van der Waals surface area (Å²) in [6, 6.07) is 0. The van der Waals surface area contributed by atoms with Crippen molar-refractivity contribution in [1.82, 2.24) is 0 Å². The Balaban J connectivity index is 1.66. The number of esters is 1. The van der Waals surface area contributed by atoms with Gasteiger partial charge in [0.2, 0.25) is 0 Å². The second-order valence-corrected chi connectivity index (χ2v) is 8.32. The van der Waals surface area contributed by atoms with E-state index in [1.165, 1.54) is 44.9 Å². The van der Waals surface area contributed by atoms with Crippen LogP contribution < -0.4 is 0 Å². The third-order valence-electron chi connectivity index (χ3n) is 6.82. The average molecular weight is 335 g/mol. The molecule has 2 saturated carbocycles. The van der Waals surface area contributed by atoms with E-state index in [4.69, 9.17) is 4.74 Å². The molecule has 2 fully saturated rings. The van der Waals surface area contributed by atoms with Crippen LogP contribution in [0.2, 0.25) is 0 Å². The lowest BCUT2D eigenvalue weighted by atomic mass is 9.73. The predicted octanol–water partition coefficient (Wildman–Crippen LogP) is 4.84. The number of ether oxygens (including phenoxy) is 1. The monoisotopic (exact) mass is 334 g/mol. The van der Waals surface area contributed by atoms with Crippen molar-refractivity contribution in [3.63, 3.8) is 0 Å². The van der Waals surface area contributed by atoms with Gasteiger partial charge in [-0.25, -0.2) is 0 Å². The second-order valence-electron chi connectivity index (χ2n) is 8.32. The van der Waals surface area contributed by atoms with Gasteiger partial charge in [-0.15, -0.1) is 0 Å². The van der Waals surface area contributed by atoms with Crippen LogP contribution in [-0.4, -0.2) is 17.7 Å². The van der Waals surface area contributed by atoms with Crippen LogP contribution in [0.5, 0.6) is 0 Å². The summed E-state index contributed by atoms with van der Waals surface area (Å²) in [5.41, 5.74) is 0. The molecule has 136 valence electrons. The first-order valence-electron chi connectivity index (χ1n) is 10.2. The van der Waals surface area contributed by atoms with Crippen LogP contribution in [0, 0.1) is 29.6 Å². The highest BCUT2D eigenvalue weighted by Crippen LogP contribution is 2.41. The Hall–Kier alpha value is -0.830. The number of fused-ring (bicyclic) bond motifs is 1. The Labute approximate surface area is 146 Å². The Morgan fingerprint density at radius 2 is 1.88 bits per heavy atom.